The maximum absolute atomic E-state index is 13.4. The average Bonchev–Trinajstić information content (AvgIpc) is 2.76. The van der Waals surface area contributed by atoms with E-state index in [1.807, 2.05) is 32.0 Å². The van der Waals surface area contributed by atoms with Crippen LogP contribution in [0, 0.1) is 0 Å². The molecular formula is C26H21Cl2F3N2O. The first-order valence-electron chi connectivity index (χ1n) is 10.6. The summed E-state index contributed by atoms with van der Waals surface area (Å²) in [5, 5.41) is 1.42. The lowest BCUT2D eigenvalue weighted by Crippen LogP contribution is -2.08. The van der Waals surface area contributed by atoms with Gasteiger partial charge >= 0.3 is 6.18 Å². The van der Waals surface area contributed by atoms with Crippen molar-refractivity contribution in [2.75, 3.05) is 0 Å². The summed E-state index contributed by atoms with van der Waals surface area (Å²) in [6, 6.07) is 16.1. The summed E-state index contributed by atoms with van der Waals surface area (Å²) in [6.07, 6.45) is -3.76. The van der Waals surface area contributed by atoms with Crippen molar-refractivity contribution in [1.82, 2.24) is 9.97 Å². The molecule has 176 valence electrons. The molecule has 0 aliphatic rings. The van der Waals surface area contributed by atoms with Crippen LogP contribution in [0.5, 0.6) is 5.75 Å². The van der Waals surface area contributed by atoms with Gasteiger partial charge in [0.1, 0.15) is 11.6 Å². The van der Waals surface area contributed by atoms with Gasteiger partial charge in [-0.3, -0.25) is 0 Å². The molecule has 0 N–H and O–H groups in total. The molecule has 0 amide bonds. The second-order valence-corrected chi connectivity index (χ2v) is 9.07. The van der Waals surface area contributed by atoms with Gasteiger partial charge in [0.25, 0.3) is 0 Å². The number of fused-ring (bicyclic) bond motifs is 1. The second-order valence-electron chi connectivity index (χ2n) is 8.23. The molecule has 0 fully saturated rings. The van der Waals surface area contributed by atoms with Gasteiger partial charge in [0.2, 0.25) is 0 Å². The zero-order valence-corrected chi connectivity index (χ0v) is 20.0. The summed E-state index contributed by atoms with van der Waals surface area (Å²) >= 11 is 12.3. The summed E-state index contributed by atoms with van der Waals surface area (Å²) in [6.45, 7) is 3.83. The zero-order valence-electron chi connectivity index (χ0n) is 18.5. The van der Waals surface area contributed by atoms with Crippen LogP contribution in [-0.4, -0.2) is 16.1 Å². The molecule has 0 unspecified atom stereocenters. The van der Waals surface area contributed by atoms with Gasteiger partial charge in [0.05, 0.1) is 27.9 Å². The van der Waals surface area contributed by atoms with Gasteiger partial charge in [-0.05, 0) is 67.4 Å². The Bertz CT molecular complexity index is 1320. The number of nitrogens with zero attached hydrogens (tertiary/aromatic N) is 2. The van der Waals surface area contributed by atoms with E-state index in [9.17, 15) is 13.2 Å². The fourth-order valence-electron chi connectivity index (χ4n) is 3.62. The molecule has 34 heavy (non-hydrogen) atoms. The zero-order chi connectivity index (χ0) is 24.5. The maximum atomic E-state index is 13.4. The number of ether oxygens (including phenoxy) is 1. The van der Waals surface area contributed by atoms with Crippen LogP contribution in [0.3, 0.4) is 0 Å². The molecule has 0 atom stereocenters. The largest absolute Gasteiger partial charge is 0.489 e. The van der Waals surface area contributed by atoms with E-state index in [1.165, 1.54) is 6.07 Å². The van der Waals surface area contributed by atoms with Crippen LogP contribution in [0.2, 0.25) is 10.0 Å². The molecule has 3 nitrogen and oxygen atoms in total. The molecule has 3 aromatic carbocycles. The van der Waals surface area contributed by atoms with E-state index in [4.69, 9.17) is 27.9 Å². The minimum absolute atomic E-state index is 0.0100. The third-order valence-electron chi connectivity index (χ3n) is 5.15. The van der Waals surface area contributed by atoms with Crippen molar-refractivity contribution >= 4 is 34.1 Å². The van der Waals surface area contributed by atoms with Crippen molar-refractivity contribution in [2.24, 2.45) is 0 Å². The Labute approximate surface area is 205 Å². The summed E-state index contributed by atoms with van der Waals surface area (Å²) in [5.41, 5.74) is 1.98. The molecule has 0 saturated heterocycles. The van der Waals surface area contributed by atoms with Crippen LogP contribution in [0.1, 0.15) is 42.1 Å². The molecule has 0 aliphatic heterocycles. The summed E-state index contributed by atoms with van der Waals surface area (Å²) in [5.74, 6) is 1.08. The molecule has 8 heteroatoms. The molecule has 4 aromatic rings. The van der Waals surface area contributed by atoms with Gasteiger partial charge in [0.15, 0.2) is 0 Å². The lowest BCUT2D eigenvalue weighted by atomic mass is 10.0. The van der Waals surface area contributed by atoms with Gasteiger partial charge in [-0.1, -0.05) is 41.4 Å². The number of hydrogen-bond acceptors (Lipinski definition) is 3. The second kappa shape index (κ2) is 9.80. The smallest absolute Gasteiger partial charge is 0.416 e. The standard InChI is InChI=1S/C26H21Cl2F3N2O/c1-15(2)34-24-10-5-17(11-21(24)28)13-25-32-22-9-6-18(26(29,30)31)14-20(22)23(33-25)12-16-3-7-19(27)8-4-16/h3-11,14-15H,12-13H2,1-2H3. The fraction of sp³-hybridized carbons (Fsp3) is 0.231. The van der Waals surface area contributed by atoms with Gasteiger partial charge < -0.3 is 4.74 Å². The van der Waals surface area contributed by atoms with Crippen molar-refractivity contribution in [2.45, 2.75) is 39.0 Å². The first kappa shape index (κ1) is 24.3. The number of hydrogen-bond donors (Lipinski definition) is 0. The summed E-state index contributed by atoms with van der Waals surface area (Å²) in [4.78, 5) is 9.19. The van der Waals surface area contributed by atoms with E-state index in [1.54, 1.807) is 24.3 Å². The van der Waals surface area contributed by atoms with Crippen molar-refractivity contribution in [3.05, 3.63) is 98.9 Å². The minimum Gasteiger partial charge on any atom is -0.489 e. The molecule has 0 bridgehead atoms. The topological polar surface area (TPSA) is 35.0 Å². The van der Waals surface area contributed by atoms with Crippen LogP contribution in [-0.2, 0) is 19.0 Å². The lowest BCUT2D eigenvalue weighted by molar-refractivity contribution is -0.137. The van der Waals surface area contributed by atoms with Crippen LogP contribution in [0.25, 0.3) is 10.9 Å². The van der Waals surface area contributed by atoms with Gasteiger partial charge in [0, 0.05) is 23.3 Å². The van der Waals surface area contributed by atoms with Gasteiger partial charge in [-0.15, -0.1) is 0 Å². The predicted octanol–water partition coefficient (Wildman–Crippen LogP) is 7.92. The normalized spacial score (nSPS) is 11.9. The van der Waals surface area contributed by atoms with Crippen molar-refractivity contribution < 1.29 is 17.9 Å². The Morgan fingerprint density at radius 2 is 1.56 bits per heavy atom. The Kier molecular flexibility index (Phi) is 7.01. The van der Waals surface area contributed by atoms with E-state index >= 15 is 0 Å². The van der Waals surface area contributed by atoms with E-state index in [2.05, 4.69) is 9.97 Å². The molecule has 1 aromatic heterocycles. The Hall–Kier alpha value is -2.83. The third kappa shape index (κ3) is 5.80. The molecule has 0 saturated carbocycles. The van der Waals surface area contributed by atoms with E-state index in [0.29, 0.717) is 51.1 Å². The predicted molar refractivity (Wildman–Crippen MR) is 129 cm³/mol. The summed E-state index contributed by atoms with van der Waals surface area (Å²) in [7, 11) is 0. The highest BCUT2D eigenvalue weighted by Gasteiger charge is 2.31. The first-order chi connectivity index (χ1) is 16.1. The van der Waals surface area contributed by atoms with Gasteiger partial charge in [-0.2, -0.15) is 13.2 Å². The molecule has 1 heterocycles. The van der Waals surface area contributed by atoms with Crippen LogP contribution in [0.15, 0.2) is 60.7 Å². The number of aromatic nitrogens is 2. The van der Waals surface area contributed by atoms with E-state index < -0.39 is 11.7 Å². The molecular weight excluding hydrogens is 484 g/mol. The third-order valence-corrected chi connectivity index (χ3v) is 5.70. The number of benzene rings is 3. The van der Waals surface area contributed by atoms with E-state index in [0.717, 1.165) is 23.3 Å². The molecule has 0 spiro atoms. The summed E-state index contributed by atoms with van der Waals surface area (Å²) < 4.78 is 45.7. The highest BCUT2D eigenvalue weighted by atomic mass is 35.5. The van der Waals surface area contributed by atoms with Crippen LogP contribution in [0.4, 0.5) is 13.2 Å². The Morgan fingerprint density at radius 3 is 2.21 bits per heavy atom. The molecule has 0 radical (unpaired) electrons. The number of halogens is 5. The monoisotopic (exact) mass is 504 g/mol. The number of alkyl halides is 3. The van der Waals surface area contributed by atoms with Crippen LogP contribution < -0.4 is 4.74 Å². The van der Waals surface area contributed by atoms with Crippen LogP contribution >= 0.6 is 23.2 Å². The Morgan fingerprint density at radius 1 is 0.853 bits per heavy atom. The number of rotatable bonds is 6. The average molecular weight is 505 g/mol. The SMILES string of the molecule is CC(C)Oc1ccc(Cc2nc(Cc3ccc(Cl)cc3)c3cc(C(F)(F)F)ccc3n2)cc1Cl. The first-order valence-corrected chi connectivity index (χ1v) is 11.4. The molecule has 0 aliphatic carbocycles. The Balaban J connectivity index is 1.74. The lowest BCUT2D eigenvalue weighted by Gasteiger charge is -2.14. The maximum Gasteiger partial charge on any atom is 0.416 e. The highest BCUT2D eigenvalue weighted by Crippen LogP contribution is 2.33. The van der Waals surface area contributed by atoms with Crippen molar-refractivity contribution in [3.63, 3.8) is 0 Å². The van der Waals surface area contributed by atoms with E-state index in [-0.39, 0.29) is 6.10 Å². The van der Waals surface area contributed by atoms with Crippen molar-refractivity contribution in [1.29, 1.82) is 0 Å². The van der Waals surface area contributed by atoms with Crippen molar-refractivity contribution in [3.8, 4) is 5.75 Å². The quantitative estimate of drug-likeness (QED) is 0.267. The highest BCUT2D eigenvalue weighted by molar-refractivity contribution is 6.32. The minimum atomic E-state index is -4.46. The fourth-order valence-corrected chi connectivity index (χ4v) is 3.99. The van der Waals surface area contributed by atoms with Gasteiger partial charge in [-0.25, -0.2) is 9.97 Å². The molecule has 4 rings (SSSR count).